The van der Waals surface area contributed by atoms with Gasteiger partial charge >= 0.3 is 0 Å². The minimum absolute atomic E-state index is 0.0188. The number of amidine groups is 1. The number of nitrogens with zero attached hydrogens (tertiary/aromatic N) is 3. The quantitative estimate of drug-likeness (QED) is 0.362. The largest absolute Gasteiger partial charge is 0.489 e. The number of rotatable bonds is 10. The molecular formula is C32H44N6O5S. The first-order valence-corrected chi connectivity index (χ1v) is 16.9. The Balaban J connectivity index is 1.46. The first-order chi connectivity index (χ1) is 20.7. The number of nitrogens with two attached hydrogens (primary N) is 1. The molecule has 2 amide bonds. The van der Waals surface area contributed by atoms with Crippen LogP contribution in [0, 0.1) is 16.7 Å². The second-order valence-corrected chi connectivity index (χ2v) is 14.3. The van der Waals surface area contributed by atoms with Crippen LogP contribution in [0.2, 0.25) is 0 Å². The van der Waals surface area contributed by atoms with Crippen LogP contribution in [-0.2, 0) is 14.8 Å². The Morgan fingerprint density at radius 2 is 1.98 bits per heavy atom. The molecule has 12 heteroatoms. The Morgan fingerprint density at radius 1 is 1.25 bits per heavy atom. The van der Waals surface area contributed by atoms with Crippen LogP contribution in [0.3, 0.4) is 0 Å². The van der Waals surface area contributed by atoms with E-state index in [0.717, 1.165) is 63.0 Å². The summed E-state index contributed by atoms with van der Waals surface area (Å²) in [5.41, 5.74) is 6.68. The lowest BCUT2D eigenvalue weighted by Gasteiger charge is -2.34. The van der Waals surface area contributed by atoms with Crippen LogP contribution < -0.4 is 20.1 Å². The van der Waals surface area contributed by atoms with Crippen LogP contribution in [0.4, 0.5) is 5.69 Å². The van der Waals surface area contributed by atoms with E-state index in [0.29, 0.717) is 11.5 Å². The normalized spacial score (nSPS) is 19.6. The van der Waals surface area contributed by atoms with E-state index < -0.39 is 21.3 Å². The van der Waals surface area contributed by atoms with Gasteiger partial charge in [-0.25, -0.2) is 8.42 Å². The predicted octanol–water partition coefficient (Wildman–Crippen LogP) is 3.44. The number of hydrogen-bond donors (Lipinski definition) is 3. The van der Waals surface area contributed by atoms with Gasteiger partial charge in [-0.3, -0.25) is 18.9 Å². The van der Waals surface area contributed by atoms with Gasteiger partial charge in [0.25, 0.3) is 5.91 Å². The second kappa shape index (κ2) is 13.8. The number of hydrogen-bond acceptors (Lipinski definition) is 8. The molecule has 4 rings (SSSR count). The lowest BCUT2D eigenvalue weighted by molar-refractivity contribution is -0.128. The fraction of sp³-hybridized carbons (Fsp3) is 0.500. The molecule has 4 N–H and O–H groups in total. The lowest BCUT2D eigenvalue weighted by atomic mass is 9.88. The molecule has 1 atom stereocenters. The van der Waals surface area contributed by atoms with Crippen molar-refractivity contribution in [1.82, 2.24) is 10.2 Å². The monoisotopic (exact) mass is 624 g/mol. The fourth-order valence-electron chi connectivity index (χ4n) is 5.41. The van der Waals surface area contributed by atoms with E-state index in [-0.39, 0.29) is 42.3 Å². The van der Waals surface area contributed by atoms with Gasteiger partial charge in [0.1, 0.15) is 11.9 Å². The zero-order chi connectivity index (χ0) is 32.1. The number of nitrogens with one attached hydrogen (secondary N) is 2. The highest BCUT2D eigenvalue weighted by Gasteiger charge is 2.27. The molecule has 3 aliphatic rings. The van der Waals surface area contributed by atoms with Crippen molar-refractivity contribution in [2.24, 2.45) is 22.1 Å². The van der Waals surface area contributed by atoms with Crippen LogP contribution in [-0.4, -0.2) is 81.8 Å². The van der Waals surface area contributed by atoms with E-state index in [2.05, 4.69) is 15.2 Å². The van der Waals surface area contributed by atoms with E-state index >= 15 is 0 Å². The summed E-state index contributed by atoms with van der Waals surface area (Å²) < 4.78 is 33.1. The van der Waals surface area contributed by atoms with Crippen molar-refractivity contribution >= 4 is 39.1 Å². The molecule has 1 fully saturated rings. The number of primary amides is 1. The first-order valence-electron chi connectivity index (χ1n) is 15.0. The number of piperidine rings is 1. The number of anilines is 1. The zero-order valence-electron chi connectivity index (χ0n) is 26.0. The van der Waals surface area contributed by atoms with Crippen molar-refractivity contribution in [1.29, 1.82) is 5.41 Å². The maximum atomic E-state index is 12.8. The molecule has 0 saturated carbocycles. The highest BCUT2D eigenvalue weighted by atomic mass is 32.2. The Hall–Kier alpha value is -3.93. The maximum Gasteiger partial charge on any atom is 0.252 e. The third-order valence-electron chi connectivity index (χ3n) is 7.94. The third kappa shape index (κ3) is 8.37. The van der Waals surface area contributed by atoms with E-state index in [9.17, 15) is 18.0 Å². The Morgan fingerprint density at radius 3 is 2.59 bits per heavy atom. The number of sulfonamides is 1. The predicted molar refractivity (Wildman–Crippen MR) is 174 cm³/mol. The average Bonchev–Trinajstić information content (AvgIpc) is 3.49. The molecule has 2 heterocycles. The topological polar surface area (TPSA) is 158 Å². The van der Waals surface area contributed by atoms with Crippen molar-refractivity contribution in [3.05, 3.63) is 59.7 Å². The van der Waals surface area contributed by atoms with Crippen molar-refractivity contribution in [3.63, 3.8) is 0 Å². The molecule has 238 valence electrons. The zero-order valence-corrected chi connectivity index (χ0v) is 26.8. The smallest absolute Gasteiger partial charge is 0.252 e. The van der Waals surface area contributed by atoms with Gasteiger partial charge in [-0.1, -0.05) is 45.1 Å². The van der Waals surface area contributed by atoms with E-state index in [1.165, 1.54) is 10.4 Å². The highest BCUT2D eigenvalue weighted by Crippen LogP contribution is 2.30. The van der Waals surface area contributed by atoms with Crippen molar-refractivity contribution in [2.45, 2.75) is 52.6 Å². The van der Waals surface area contributed by atoms with E-state index in [1.807, 2.05) is 26.8 Å². The molecule has 0 spiro atoms. The standard InChI is InChI=1S/C32H44N6O5S/c1-32(2,3)31(40)36-21-26-22(8-5-10-27(26)33)9-7-17-38(44(4,41)42)23-12-13-28(25(20-23)30(34)39)43-24-14-18-37(19-15-24)29-11-6-16-35-29/h5,7-10,12-13,20,24,26,33H,6,11,14-19,21H2,1-4H3,(H2,34,39)(H,36,40)/b9-7+,33-27?. The van der Waals surface area contributed by atoms with Gasteiger partial charge in [-0.2, -0.15) is 0 Å². The van der Waals surface area contributed by atoms with Crippen molar-refractivity contribution in [3.8, 4) is 5.75 Å². The summed E-state index contributed by atoms with van der Waals surface area (Å²) in [4.78, 5) is 31.7. The SMILES string of the molecule is CC(C)(C)C(=O)NCC1C(=N)C=CC=C1/C=C/CN(c1ccc(OC2CCN(C3=NCCC3)CC2)c(C(N)=O)c1)S(C)(=O)=O. The third-order valence-corrected chi connectivity index (χ3v) is 9.10. The van der Waals surface area contributed by atoms with Gasteiger partial charge in [0.2, 0.25) is 15.9 Å². The van der Waals surface area contributed by atoms with Crippen LogP contribution in [0.1, 0.15) is 56.8 Å². The molecular weight excluding hydrogens is 580 g/mol. The Labute approximate surface area is 260 Å². The van der Waals surface area contributed by atoms with Crippen LogP contribution in [0.25, 0.3) is 0 Å². The van der Waals surface area contributed by atoms with Gasteiger partial charge in [0.05, 0.1) is 29.9 Å². The van der Waals surface area contributed by atoms with Crippen LogP contribution in [0.15, 0.2) is 59.1 Å². The summed E-state index contributed by atoms with van der Waals surface area (Å²) in [6, 6.07) is 4.68. The molecule has 0 radical (unpaired) electrons. The number of carbonyl (C=O) groups is 2. The summed E-state index contributed by atoms with van der Waals surface area (Å²) >= 11 is 0. The average molecular weight is 625 g/mol. The Bertz CT molecular complexity index is 1500. The fourth-order valence-corrected chi connectivity index (χ4v) is 6.27. The molecule has 11 nitrogen and oxygen atoms in total. The first kappa shape index (κ1) is 33.0. The molecule has 1 aromatic rings. The number of likely N-dealkylation sites (tertiary alicyclic amines) is 1. The second-order valence-electron chi connectivity index (χ2n) is 12.4. The van der Waals surface area contributed by atoms with Crippen LogP contribution in [0.5, 0.6) is 5.75 Å². The molecule has 2 aliphatic heterocycles. The van der Waals surface area contributed by atoms with Crippen molar-refractivity contribution in [2.75, 3.05) is 43.3 Å². The van der Waals surface area contributed by atoms with Gasteiger partial charge in [0, 0.05) is 62.5 Å². The molecule has 1 aliphatic carbocycles. The molecule has 0 bridgehead atoms. The van der Waals surface area contributed by atoms with Gasteiger partial charge < -0.3 is 26.1 Å². The van der Waals surface area contributed by atoms with E-state index in [4.69, 9.17) is 15.9 Å². The van der Waals surface area contributed by atoms with Crippen LogP contribution >= 0.6 is 0 Å². The number of benzene rings is 1. The number of amides is 2. The summed E-state index contributed by atoms with van der Waals surface area (Å²) in [6.45, 7) is 8.25. The lowest BCUT2D eigenvalue weighted by Crippen LogP contribution is -2.41. The highest BCUT2D eigenvalue weighted by molar-refractivity contribution is 7.92. The Kier molecular flexibility index (Phi) is 10.3. The summed E-state index contributed by atoms with van der Waals surface area (Å²) in [5, 5.41) is 11.3. The minimum atomic E-state index is -3.74. The maximum absolute atomic E-state index is 12.8. The summed E-state index contributed by atoms with van der Waals surface area (Å²) in [6.07, 6.45) is 13.4. The molecule has 1 aromatic carbocycles. The van der Waals surface area contributed by atoms with Crippen molar-refractivity contribution < 1.29 is 22.7 Å². The van der Waals surface area contributed by atoms with Gasteiger partial charge in [0.15, 0.2) is 0 Å². The van der Waals surface area contributed by atoms with E-state index in [1.54, 1.807) is 36.4 Å². The van der Waals surface area contributed by atoms with Gasteiger partial charge in [-0.05, 0) is 36.3 Å². The number of carbonyl (C=O) groups excluding carboxylic acids is 2. The molecule has 1 unspecified atom stereocenters. The number of ether oxygens (including phenoxy) is 1. The molecule has 1 saturated heterocycles. The molecule has 0 aromatic heterocycles. The number of aliphatic imine (C=N–C) groups is 1. The molecule has 44 heavy (non-hydrogen) atoms. The number of allylic oxidation sites excluding steroid dienone is 4. The summed E-state index contributed by atoms with van der Waals surface area (Å²) in [5.74, 6) is 0.303. The minimum Gasteiger partial charge on any atom is -0.489 e. The summed E-state index contributed by atoms with van der Waals surface area (Å²) in [7, 11) is -3.74. The van der Waals surface area contributed by atoms with Gasteiger partial charge in [-0.15, -0.1) is 0 Å².